The van der Waals surface area contributed by atoms with Crippen molar-refractivity contribution in [2.24, 2.45) is 11.8 Å². The summed E-state index contributed by atoms with van der Waals surface area (Å²) < 4.78 is 5.75. The molecule has 0 aromatic carbocycles. The maximum Gasteiger partial charge on any atom is 0.0702 e. The molecule has 19 heavy (non-hydrogen) atoms. The number of nitrogens with zero attached hydrogens (tertiary/aromatic N) is 1. The zero-order chi connectivity index (χ0) is 13.7. The molecule has 1 saturated heterocycles. The first-order valence-corrected chi connectivity index (χ1v) is 8.22. The van der Waals surface area contributed by atoms with Crippen molar-refractivity contribution in [3.05, 3.63) is 0 Å². The van der Waals surface area contributed by atoms with Crippen LogP contribution in [-0.4, -0.2) is 50.3 Å². The quantitative estimate of drug-likeness (QED) is 0.801. The van der Waals surface area contributed by atoms with E-state index in [2.05, 4.69) is 31.1 Å². The van der Waals surface area contributed by atoms with Gasteiger partial charge in [0.05, 0.1) is 6.10 Å². The molecule has 0 spiro atoms. The van der Waals surface area contributed by atoms with Gasteiger partial charge in [0.25, 0.3) is 0 Å². The van der Waals surface area contributed by atoms with Gasteiger partial charge in [0, 0.05) is 25.7 Å². The first kappa shape index (κ1) is 15.3. The minimum Gasteiger partial charge on any atom is -0.377 e. The van der Waals surface area contributed by atoms with Crippen molar-refractivity contribution in [3.8, 4) is 0 Å². The van der Waals surface area contributed by atoms with E-state index in [-0.39, 0.29) is 0 Å². The SMILES string of the molecule is CCNC1CCC(C)CC1CN(C)CC1CCCO1. The van der Waals surface area contributed by atoms with Crippen LogP contribution in [0.25, 0.3) is 0 Å². The van der Waals surface area contributed by atoms with Gasteiger partial charge in [-0.25, -0.2) is 0 Å². The Morgan fingerprint density at radius 1 is 1.21 bits per heavy atom. The maximum absolute atomic E-state index is 5.75. The fraction of sp³-hybridized carbons (Fsp3) is 1.00. The van der Waals surface area contributed by atoms with Gasteiger partial charge >= 0.3 is 0 Å². The Bertz CT molecular complexity index is 253. The highest BCUT2D eigenvalue weighted by Gasteiger charge is 2.29. The minimum absolute atomic E-state index is 0.489. The fourth-order valence-electron chi connectivity index (χ4n) is 3.84. The van der Waals surface area contributed by atoms with E-state index in [1.807, 2.05) is 0 Å². The van der Waals surface area contributed by atoms with E-state index >= 15 is 0 Å². The van der Waals surface area contributed by atoms with Crippen LogP contribution in [0.5, 0.6) is 0 Å². The first-order chi connectivity index (χ1) is 9.19. The summed E-state index contributed by atoms with van der Waals surface area (Å²) in [5.74, 6) is 1.71. The molecule has 1 heterocycles. The van der Waals surface area contributed by atoms with Crippen LogP contribution in [0.4, 0.5) is 0 Å². The summed E-state index contributed by atoms with van der Waals surface area (Å²) >= 11 is 0. The van der Waals surface area contributed by atoms with Crippen LogP contribution in [-0.2, 0) is 4.74 Å². The van der Waals surface area contributed by atoms with Crippen molar-refractivity contribution in [3.63, 3.8) is 0 Å². The molecule has 2 fully saturated rings. The van der Waals surface area contributed by atoms with Crippen LogP contribution in [0.3, 0.4) is 0 Å². The molecule has 3 nitrogen and oxygen atoms in total. The van der Waals surface area contributed by atoms with Gasteiger partial charge in [-0.2, -0.15) is 0 Å². The molecule has 0 amide bonds. The number of hydrogen-bond acceptors (Lipinski definition) is 3. The van der Waals surface area contributed by atoms with Crippen molar-refractivity contribution in [2.75, 3.05) is 33.3 Å². The average molecular weight is 268 g/mol. The maximum atomic E-state index is 5.75. The molecule has 4 atom stereocenters. The molecule has 0 aromatic rings. The second-order valence-electron chi connectivity index (χ2n) is 6.70. The van der Waals surface area contributed by atoms with Crippen LogP contribution < -0.4 is 5.32 Å². The van der Waals surface area contributed by atoms with Crippen molar-refractivity contribution < 1.29 is 4.74 Å². The highest BCUT2D eigenvalue weighted by Crippen LogP contribution is 2.29. The number of rotatable bonds is 6. The van der Waals surface area contributed by atoms with Crippen LogP contribution in [0.1, 0.15) is 46.0 Å². The van der Waals surface area contributed by atoms with E-state index in [0.717, 1.165) is 37.6 Å². The van der Waals surface area contributed by atoms with Gasteiger partial charge in [-0.05, 0) is 57.5 Å². The summed E-state index contributed by atoms with van der Waals surface area (Å²) in [6.07, 6.45) is 7.12. The molecule has 112 valence electrons. The second-order valence-corrected chi connectivity index (χ2v) is 6.70. The number of nitrogens with one attached hydrogen (secondary N) is 1. The third-order valence-electron chi connectivity index (χ3n) is 4.80. The molecule has 0 aromatic heterocycles. The Labute approximate surface area is 119 Å². The first-order valence-electron chi connectivity index (χ1n) is 8.22. The van der Waals surface area contributed by atoms with E-state index in [9.17, 15) is 0 Å². The van der Waals surface area contributed by atoms with Gasteiger partial charge in [0.2, 0.25) is 0 Å². The van der Waals surface area contributed by atoms with Crippen molar-refractivity contribution in [1.82, 2.24) is 10.2 Å². The molecule has 3 heteroatoms. The number of hydrogen-bond donors (Lipinski definition) is 1. The minimum atomic E-state index is 0.489. The van der Waals surface area contributed by atoms with Crippen molar-refractivity contribution in [1.29, 1.82) is 0 Å². The molecule has 1 aliphatic heterocycles. The average Bonchev–Trinajstić information content (AvgIpc) is 2.85. The lowest BCUT2D eigenvalue weighted by Gasteiger charge is -2.38. The van der Waals surface area contributed by atoms with Crippen LogP contribution in [0, 0.1) is 11.8 Å². The summed E-state index contributed by atoms with van der Waals surface area (Å²) in [6.45, 7) is 9.05. The van der Waals surface area contributed by atoms with E-state index in [4.69, 9.17) is 4.74 Å². The highest BCUT2D eigenvalue weighted by molar-refractivity contribution is 4.85. The van der Waals surface area contributed by atoms with E-state index in [0.29, 0.717) is 6.10 Å². The summed E-state index contributed by atoms with van der Waals surface area (Å²) in [5, 5.41) is 3.70. The van der Waals surface area contributed by atoms with Gasteiger partial charge in [-0.3, -0.25) is 0 Å². The third kappa shape index (κ3) is 4.73. The molecule has 1 saturated carbocycles. The lowest BCUT2D eigenvalue weighted by molar-refractivity contribution is 0.0684. The molecule has 4 unspecified atom stereocenters. The molecule has 2 aliphatic rings. The fourth-order valence-corrected chi connectivity index (χ4v) is 3.84. The lowest BCUT2D eigenvalue weighted by atomic mass is 9.78. The van der Waals surface area contributed by atoms with Gasteiger partial charge in [0.1, 0.15) is 0 Å². The Balaban J connectivity index is 1.79. The van der Waals surface area contributed by atoms with Gasteiger partial charge in [0.15, 0.2) is 0 Å². The predicted molar refractivity (Wildman–Crippen MR) is 80.4 cm³/mol. The van der Waals surface area contributed by atoms with E-state index < -0.39 is 0 Å². The van der Waals surface area contributed by atoms with E-state index in [1.54, 1.807) is 0 Å². The van der Waals surface area contributed by atoms with E-state index in [1.165, 1.54) is 38.6 Å². The molecule has 0 radical (unpaired) electrons. The summed E-state index contributed by atoms with van der Waals surface area (Å²) in [4.78, 5) is 2.50. The van der Waals surface area contributed by atoms with Crippen LogP contribution >= 0.6 is 0 Å². The van der Waals surface area contributed by atoms with Crippen LogP contribution in [0.15, 0.2) is 0 Å². The zero-order valence-electron chi connectivity index (χ0n) is 13.0. The normalized spacial score (nSPS) is 36.0. The molecule has 1 aliphatic carbocycles. The molecule has 0 bridgehead atoms. The molecular formula is C16H32N2O. The largest absolute Gasteiger partial charge is 0.377 e. The van der Waals surface area contributed by atoms with Crippen molar-refractivity contribution in [2.45, 2.75) is 58.1 Å². The smallest absolute Gasteiger partial charge is 0.0702 e. The Morgan fingerprint density at radius 3 is 2.74 bits per heavy atom. The highest BCUT2D eigenvalue weighted by atomic mass is 16.5. The lowest BCUT2D eigenvalue weighted by Crippen LogP contribution is -2.45. The second kappa shape index (κ2) is 7.61. The number of likely N-dealkylation sites (N-methyl/N-ethyl adjacent to an activating group) is 1. The topological polar surface area (TPSA) is 24.5 Å². The Morgan fingerprint density at radius 2 is 2.05 bits per heavy atom. The standard InChI is InChI=1S/C16H32N2O/c1-4-17-16-8-7-13(2)10-14(16)11-18(3)12-15-6-5-9-19-15/h13-17H,4-12H2,1-3H3. The van der Waals surface area contributed by atoms with Gasteiger partial charge < -0.3 is 15.0 Å². The summed E-state index contributed by atoms with van der Waals surface area (Å²) in [7, 11) is 2.27. The van der Waals surface area contributed by atoms with Crippen LogP contribution in [0.2, 0.25) is 0 Å². The van der Waals surface area contributed by atoms with Crippen molar-refractivity contribution >= 4 is 0 Å². The monoisotopic (exact) mass is 268 g/mol. The Hall–Kier alpha value is -0.120. The zero-order valence-corrected chi connectivity index (χ0v) is 13.0. The molecule has 2 rings (SSSR count). The summed E-state index contributed by atoms with van der Waals surface area (Å²) in [5.41, 5.74) is 0. The Kier molecular flexibility index (Phi) is 6.11. The summed E-state index contributed by atoms with van der Waals surface area (Å²) in [6, 6.07) is 0.730. The third-order valence-corrected chi connectivity index (χ3v) is 4.80. The van der Waals surface area contributed by atoms with Gasteiger partial charge in [-0.1, -0.05) is 13.8 Å². The molecular weight excluding hydrogens is 236 g/mol. The predicted octanol–water partition coefficient (Wildman–Crippen LogP) is 2.51. The number of ether oxygens (including phenoxy) is 1. The van der Waals surface area contributed by atoms with Gasteiger partial charge in [-0.15, -0.1) is 0 Å². The molecule has 1 N–H and O–H groups in total.